The van der Waals surface area contributed by atoms with Gasteiger partial charge >= 0.3 is 0 Å². The van der Waals surface area contributed by atoms with Gasteiger partial charge in [0.2, 0.25) is 0 Å². The summed E-state index contributed by atoms with van der Waals surface area (Å²) >= 11 is 0. The fourth-order valence-electron chi connectivity index (χ4n) is 3.08. The van der Waals surface area contributed by atoms with E-state index in [-0.39, 0.29) is 11.9 Å². The maximum atomic E-state index is 12.8. The van der Waals surface area contributed by atoms with Gasteiger partial charge in [0, 0.05) is 6.54 Å². The minimum Gasteiger partial charge on any atom is -0.361 e. The first-order valence-electron chi connectivity index (χ1n) is 7.38. The first kappa shape index (κ1) is 13.9. The van der Waals surface area contributed by atoms with E-state index in [1.165, 1.54) is 11.1 Å². The standard InChI is InChI=1S/C17H20N2O2/c1-11-6-8-14(9-7-11)15-5-4-10-19(15)17(20)16-12(2)18-21-13(16)3/h6-9,15H,4-5,10H2,1-3H3. The van der Waals surface area contributed by atoms with Gasteiger partial charge in [-0.05, 0) is 39.2 Å². The Morgan fingerprint density at radius 1 is 1.24 bits per heavy atom. The SMILES string of the molecule is Cc1ccc(C2CCCN2C(=O)c2c(C)noc2C)cc1. The largest absolute Gasteiger partial charge is 0.361 e. The molecule has 1 aromatic heterocycles. The molecule has 1 atom stereocenters. The molecular formula is C17H20N2O2. The van der Waals surface area contributed by atoms with Gasteiger partial charge in [-0.3, -0.25) is 4.79 Å². The maximum absolute atomic E-state index is 12.8. The van der Waals surface area contributed by atoms with Crippen LogP contribution in [0, 0.1) is 20.8 Å². The van der Waals surface area contributed by atoms with E-state index >= 15 is 0 Å². The van der Waals surface area contributed by atoms with Gasteiger partial charge in [0.05, 0.1) is 11.7 Å². The van der Waals surface area contributed by atoms with Crippen molar-refractivity contribution in [1.29, 1.82) is 0 Å². The lowest BCUT2D eigenvalue weighted by atomic mass is 10.0. The smallest absolute Gasteiger partial charge is 0.259 e. The second-order valence-corrected chi connectivity index (χ2v) is 5.77. The number of nitrogens with zero attached hydrogens (tertiary/aromatic N) is 2. The Labute approximate surface area is 124 Å². The van der Waals surface area contributed by atoms with Gasteiger partial charge in [-0.1, -0.05) is 35.0 Å². The van der Waals surface area contributed by atoms with E-state index < -0.39 is 0 Å². The summed E-state index contributed by atoms with van der Waals surface area (Å²) < 4.78 is 5.14. The van der Waals surface area contributed by atoms with Crippen LogP contribution >= 0.6 is 0 Å². The van der Waals surface area contributed by atoms with Crippen LogP contribution in [0.25, 0.3) is 0 Å². The number of hydrogen-bond acceptors (Lipinski definition) is 3. The lowest BCUT2D eigenvalue weighted by molar-refractivity contribution is 0.0733. The molecule has 0 saturated carbocycles. The van der Waals surface area contributed by atoms with Gasteiger partial charge in [-0.15, -0.1) is 0 Å². The molecule has 0 N–H and O–H groups in total. The van der Waals surface area contributed by atoms with E-state index in [0.717, 1.165) is 19.4 Å². The van der Waals surface area contributed by atoms with E-state index in [1.807, 2.05) is 11.8 Å². The van der Waals surface area contributed by atoms with E-state index in [4.69, 9.17) is 4.52 Å². The molecule has 4 nitrogen and oxygen atoms in total. The zero-order valence-electron chi connectivity index (χ0n) is 12.7. The van der Waals surface area contributed by atoms with Crippen molar-refractivity contribution in [3.8, 4) is 0 Å². The van der Waals surface area contributed by atoms with E-state index in [1.54, 1.807) is 6.92 Å². The molecule has 1 aliphatic heterocycles. The van der Waals surface area contributed by atoms with Crippen molar-refractivity contribution in [1.82, 2.24) is 10.1 Å². The molecule has 0 radical (unpaired) electrons. The van der Waals surface area contributed by atoms with Crippen LogP contribution in [0.3, 0.4) is 0 Å². The van der Waals surface area contributed by atoms with Crippen LogP contribution in [-0.2, 0) is 0 Å². The van der Waals surface area contributed by atoms with Crippen LogP contribution in [0.15, 0.2) is 28.8 Å². The number of aryl methyl sites for hydroxylation is 3. The predicted molar refractivity (Wildman–Crippen MR) is 80.2 cm³/mol. The lowest BCUT2D eigenvalue weighted by Gasteiger charge is -2.25. The number of amides is 1. The number of benzene rings is 1. The topological polar surface area (TPSA) is 46.3 Å². The molecule has 0 spiro atoms. The Morgan fingerprint density at radius 2 is 1.95 bits per heavy atom. The van der Waals surface area contributed by atoms with Crippen molar-refractivity contribution in [2.75, 3.05) is 6.54 Å². The molecule has 0 aliphatic carbocycles. The summed E-state index contributed by atoms with van der Waals surface area (Å²) in [6.45, 7) is 6.48. The van der Waals surface area contributed by atoms with Crippen LogP contribution in [0.5, 0.6) is 0 Å². The van der Waals surface area contributed by atoms with Crippen molar-refractivity contribution >= 4 is 5.91 Å². The highest BCUT2D eigenvalue weighted by Crippen LogP contribution is 2.34. The summed E-state index contributed by atoms with van der Waals surface area (Å²) in [6.07, 6.45) is 2.05. The van der Waals surface area contributed by atoms with Crippen LogP contribution < -0.4 is 0 Å². The number of carbonyl (C=O) groups excluding carboxylic acids is 1. The third-order valence-electron chi connectivity index (χ3n) is 4.22. The number of carbonyl (C=O) groups is 1. The predicted octanol–water partition coefficient (Wildman–Crippen LogP) is 3.58. The summed E-state index contributed by atoms with van der Waals surface area (Å²) in [7, 11) is 0. The number of aromatic nitrogens is 1. The zero-order chi connectivity index (χ0) is 15.0. The van der Waals surface area contributed by atoms with Crippen LogP contribution in [0.4, 0.5) is 0 Å². The average Bonchev–Trinajstić information content (AvgIpc) is 3.07. The number of likely N-dealkylation sites (tertiary alicyclic amines) is 1. The quantitative estimate of drug-likeness (QED) is 0.846. The summed E-state index contributed by atoms with van der Waals surface area (Å²) in [5, 5.41) is 3.90. The highest BCUT2D eigenvalue weighted by atomic mass is 16.5. The van der Waals surface area contributed by atoms with Gasteiger partial charge in [-0.2, -0.15) is 0 Å². The molecule has 110 valence electrons. The van der Waals surface area contributed by atoms with Crippen LogP contribution in [0.1, 0.15) is 51.8 Å². The normalized spacial score (nSPS) is 18.2. The fraction of sp³-hybridized carbons (Fsp3) is 0.412. The van der Waals surface area contributed by atoms with Crippen molar-refractivity contribution in [3.05, 3.63) is 52.4 Å². The molecule has 1 unspecified atom stereocenters. The van der Waals surface area contributed by atoms with Gasteiger partial charge in [-0.25, -0.2) is 0 Å². The van der Waals surface area contributed by atoms with Crippen LogP contribution in [0.2, 0.25) is 0 Å². The third-order valence-corrected chi connectivity index (χ3v) is 4.22. The average molecular weight is 284 g/mol. The molecule has 2 aromatic rings. The van der Waals surface area contributed by atoms with Crippen molar-refractivity contribution in [2.24, 2.45) is 0 Å². The molecule has 2 heterocycles. The van der Waals surface area contributed by atoms with E-state index in [2.05, 4.69) is 36.3 Å². The summed E-state index contributed by atoms with van der Waals surface area (Å²) in [5.41, 5.74) is 3.74. The maximum Gasteiger partial charge on any atom is 0.259 e. The molecule has 4 heteroatoms. The van der Waals surface area contributed by atoms with E-state index in [9.17, 15) is 4.79 Å². The Balaban J connectivity index is 1.90. The van der Waals surface area contributed by atoms with Gasteiger partial charge in [0.25, 0.3) is 5.91 Å². The molecule has 3 rings (SSSR count). The van der Waals surface area contributed by atoms with Crippen molar-refractivity contribution in [2.45, 2.75) is 39.7 Å². The highest BCUT2D eigenvalue weighted by Gasteiger charge is 2.33. The van der Waals surface area contributed by atoms with Crippen LogP contribution in [-0.4, -0.2) is 22.5 Å². The van der Waals surface area contributed by atoms with Crippen molar-refractivity contribution in [3.63, 3.8) is 0 Å². The Bertz CT molecular complexity index is 638. The highest BCUT2D eigenvalue weighted by molar-refractivity contribution is 5.96. The summed E-state index contributed by atoms with van der Waals surface area (Å²) in [4.78, 5) is 14.8. The van der Waals surface area contributed by atoms with Gasteiger partial charge < -0.3 is 9.42 Å². The molecule has 1 aliphatic rings. The molecule has 1 saturated heterocycles. The van der Waals surface area contributed by atoms with Gasteiger partial charge in [0.1, 0.15) is 11.3 Å². The third kappa shape index (κ3) is 2.46. The second kappa shape index (κ2) is 5.35. The van der Waals surface area contributed by atoms with Crippen molar-refractivity contribution < 1.29 is 9.32 Å². The fourth-order valence-corrected chi connectivity index (χ4v) is 3.08. The molecule has 1 aromatic carbocycles. The summed E-state index contributed by atoms with van der Waals surface area (Å²) in [5.74, 6) is 0.640. The second-order valence-electron chi connectivity index (χ2n) is 5.77. The van der Waals surface area contributed by atoms with E-state index in [0.29, 0.717) is 17.0 Å². The first-order chi connectivity index (χ1) is 10.1. The number of hydrogen-bond donors (Lipinski definition) is 0. The molecule has 1 amide bonds. The Kier molecular flexibility index (Phi) is 3.53. The lowest BCUT2D eigenvalue weighted by Crippen LogP contribution is -2.31. The minimum absolute atomic E-state index is 0.0364. The molecular weight excluding hydrogens is 264 g/mol. The monoisotopic (exact) mass is 284 g/mol. The molecule has 1 fully saturated rings. The zero-order valence-corrected chi connectivity index (χ0v) is 12.7. The molecule has 21 heavy (non-hydrogen) atoms. The Morgan fingerprint density at radius 3 is 2.57 bits per heavy atom. The summed E-state index contributed by atoms with van der Waals surface area (Å²) in [6, 6.07) is 8.61. The first-order valence-corrected chi connectivity index (χ1v) is 7.38. The number of rotatable bonds is 2. The molecule has 0 bridgehead atoms. The van der Waals surface area contributed by atoms with Gasteiger partial charge in [0.15, 0.2) is 0 Å². The minimum atomic E-state index is 0.0364. The Hall–Kier alpha value is -2.10.